The number of hydrogen-bond donors (Lipinski definition) is 1. The molecule has 4 rings (SSSR count). The van der Waals surface area contributed by atoms with Crippen LogP contribution in [0.15, 0.2) is 11.1 Å². The number of aliphatic hydroxyl groups excluding tert-OH is 1. The van der Waals surface area contributed by atoms with Gasteiger partial charge in [0.2, 0.25) is 0 Å². The Morgan fingerprint density at radius 1 is 1.12 bits per heavy atom. The van der Waals surface area contributed by atoms with Crippen LogP contribution in [0.5, 0.6) is 0 Å². The maximum absolute atomic E-state index is 14.0. The highest BCUT2D eigenvalue weighted by Crippen LogP contribution is 2.70. The van der Waals surface area contributed by atoms with Crippen LogP contribution in [0.4, 0.5) is 0 Å². The molecule has 0 saturated heterocycles. The first kappa shape index (κ1) is 25.3. The quantitative estimate of drug-likeness (QED) is 0.615. The Morgan fingerprint density at radius 3 is 2.38 bits per heavy atom. The second-order valence-electron chi connectivity index (χ2n) is 12.6. The minimum atomic E-state index is -0.931. The van der Waals surface area contributed by atoms with Gasteiger partial charge in [0.25, 0.3) is 0 Å². The maximum Gasteiger partial charge on any atom is 0.305 e. The number of Topliss-reactive ketones (excluding diaryl/α,β-unsaturated/α-hetero) is 3. The second-order valence-corrected chi connectivity index (χ2v) is 12.6. The van der Waals surface area contributed by atoms with Crippen molar-refractivity contribution in [2.75, 3.05) is 7.11 Å². The molecule has 7 atom stereocenters. The number of carbonyl (C=O) groups is 4. The van der Waals surface area contributed by atoms with E-state index in [0.29, 0.717) is 43.3 Å². The number of ketones is 3. The van der Waals surface area contributed by atoms with Crippen molar-refractivity contribution in [3.8, 4) is 0 Å². The second kappa shape index (κ2) is 7.84. The summed E-state index contributed by atoms with van der Waals surface area (Å²) < 4.78 is 4.80. The molecule has 0 spiro atoms. The number of ether oxygens (including phenoxy) is 1. The number of methoxy groups -OCH3 is 1. The van der Waals surface area contributed by atoms with E-state index >= 15 is 0 Å². The lowest BCUT2D eigenvalue weighted by atomic mass is 9.42. The van der Waals surface area contributed by atoms with Crippen molar-refractivity contribution in [2.24, 2.45) is 39.4 Å². The van der Waals surface area contributed by atoms with Gasteiger partial charge < -0.3 is 9.84 Å². The van der Waals surface area contributed by atoms with E-state index < -0.39 is 27.8 Å². The molecule has 2 saturated carbocycles. The predicted octanol–water partition coefficient (Wildman–Crippen LogP) is 4.22. The summed E-state index contributed by atoms with van der Waals surface area (Å²) >= 11 is 0. The van der Waals surface area contributed by atoms with Gasteiger partial charge in [-0.2, -0.15) is 0 Å². The third-order valence-electron chi connectivity index (χ3n) is 10.9. The summed E-state index contributed by atoms with van der Waals surface area (Å²) in [7, 11) is 1.37. The van der Waals surface area contributed by atoms with Crippen LogP contribution in [0.3, 0.4) is 0 Å². The van der Waals surface area contributed by atoms with Crippen LogP contribution in [0.1, 0.15) is 86.5 Å². The minimum absolute atomic E-state index is 0.0197. The molecule has 0 amide bonds. The van der Waals surface area contributed by atoms with E-state index in [-0.39, 0.29) is 53.9 Å². The molecular weight excluding hydrogens is 432 g/mol. The third kappa shape index (κ3) is 3.09. The molecule has 0 aromatic carbocycles. The van der Waals surface area contributed by atoms with Crippen molar-refractivity contribution >= 4 is 23.3 Å². The Labute approximate surface area is 202 Å². The molecule has 0 aromatic heterocycles. The van der Waals surface area contributed by atoms with Crippen molar-refractivity contribution in [3.05, 3.63) is 11.1 Å². The lowest BCUT2D eigenvalue weighted by Gasteiger charge is -2.60. The molecule has 0 radical (unpaired) electrons. The van der Waals surface area contributed by atoms with Gasteiger partial charge in [0.05, 0.1) is 18.6 Å². The lowest BCUT2D eigenvalue weighted by Crippen LogP contribution is -2.60. The maximum atomic E-state index is 14.0. The van der Waals surface area contributed by atoms with Gasteiger partial charge in [-0.25, -0.2) is 0 Å². The monoisotopic (exact) mass is 472 g/mol. The smallest absolute Gasteiger partial charge is 0.305 e. The molecule has 4 aliphatic rings. The lowest BCUT2D eigenvalue weighted by molar-refractivity contribution is -0.147. The molecule has 1 N–H and O–H groups in total. The molecule has 0 bridgehead atoms. The normalized spacial score (nSPS) is 42.1. The molecule has 188 valence electrons. The fourth-order valence-corrected chi connectivity index (χ4v) is 8.57. The fourth-order valence-electron chi connectivity index (χ4n) is 8.57. The van der Waals surface area contributed by atoms with E-state index in [9.17, 15) is 24.3 Å². The Kier molecular flexibility index (Phi) is 5.83. The van der Waals surface area contributed by atoms with Crippen molar-refractivity contribution in [3.63, 3.8) is 0 Å². The topological polar surface area (TPSA) is 97.7 Å². The average Bonchev–Trinajstić information content (AvgIpc) is 2.97. The van der Waals surface area contributed by atoms with Gasteiger partial charge in [-0.15, -0.1) is 0 Å². The predicted molar refractivity (Wildman–Crippen MR) is 127 cm³/mol. The van der Waals surface area contributed by atoms with Gasteiger partial charge in [0.1, 0.15) is 11.6 Å². The van der Waals surface area contributed by atoms with E-state index in [1.807, 2.05) is 27.7 Å². The molecule has 4 aliphatic carbocycles. The fraction of sp³-hybridized carbons (Fsp3) is 0.786. The molecule has 2 fully saturated rings. The van der Waals surface area contributed by atoms with Gasteiger partial charge in [0.15, 0.2) is 5.78 Å². The summed E-state index contributed by atoms with van der Waals surface area (Å²) in [5.41, 5.74) is -1.45. The minimum Gasteiger partial charge on any atom is -0.469 e. The zero-order valence-electron chi connectivity index (χ0n) is 21.7. The van der Waals surface area contributed by atoms with Crippen LogP contribution in [0, 0.1) is 39.4 Å². The molecule has 6 heteroatoms. The first-order valence-electron chi connectivity index (χ1n) is 12.8. The van der Waals surface area contributed by atoms with Crippen molar-refractivity contribution in [2.45, 2.75) is 92.6 Å². The third-order valence-corrected chi connectivity index (χ3v) is 10.9. The van der Waals surface area contributed by atoms with Gasteiger partial charge >= 0.3 is 5.97 Å². The Bertz CT molecular complexity index is 991. The van der Waals surface area contributed by atoms with Crippen molar-refractivity contribution in [1.29, 1.82) is 0 Å². The van der Waals surface area contributed by atoms with E-state index in [1.165, 1.54) is 7.11 Å². The first-order chi connectivity index (χ1) is 15.7. The molecule has 6 nitrogen and oxygen atoms in total. The molecular formula is C28H40O6. The number of aliphatic hydroxyl groups is 1. The van der Waals surface area contributed by atoms with Crippen LogP contribution >= 0.6 is 0 Å². The van der Waals surface area contributed by atoms with Gasteiger partial charge in [-0.1, -0.05) is 34.6 Å². The highest BCUT2D eigenvalue weighted by Gasteiger charge is 2.70. The van der Waals surface area contributed by atoms with Gasteiger partial charge in [-0.3, -0.25) is 19.2 Å². The SMILES string of the molecule is COC(=O)CC[C@@H](C)[C@H]1CC(=O)[C@@]2(C)C3=C(C(=O)C[C@]12C)[C@@]1(C)CCC(=O)C(C)(C)[C@@H]1C[C@@H]3O. The summed E-state index contributed by atoms with van der Waals surface area (Å²) in [5, 5.41) is 11.5. The van der Waals surface area contributed by atoms with Crippen LogP contribution in [-0.2, 0) is 23.9 Å². The Hall–Kier alpha value is -1.82. The van der Waals surface area contributed by atoms with E-state index in [2.05, 4.69) is 13.8 Å². The van der Waals surface area contributed by atoms with Crippen LogP contribution in [-0.4, -0.2) is 41.6 Å². The molecule has 0 heterocycles. The standard InChI is InChI=1S/C28H40O6/c1-15(8-9-22(33)34-7)16-12-21(32)28(6)24-17(29)13-19-25(2,3)20(31)10-11-26(19,4)23(24)18(30)14-27(16,28)5/h15-17,19,29H,8-14H2,1-7H3/t15-,16-,17+,19+,26+,27-,28+/m1/s1. The van der Waals surface area contributed by atoms with Crippen LogP contribution < -0.4 is 0 Å². The van der Waals surface area contributed by atoms with Crippen molar-refractivity contribution in [1.82, 2.24) is 0 Å². The number of hydrogen-bond acceptors (Lipinski definition) is 6. The van der Waals surface area contributed by atoms with Crippen LogP contribution in [0.25, 0.3) is 0 Å². The highest BCUT2D eigenvalue weighted by atomic mass is 16.5. The number of esters is 1. The summed E-state index contributed by atoms with van der Waals surface area (Å²) in [6.07, 6.45) is 1.94. The molecule has 0 aromatic rings. The highest BCUT2D eigenvalue weighted by molar-refractivity contribution is 6.05. The van der Waals surface area contributed by atoms with E-state index in [1.54, 1.807) is 0 Å². The summed E-state index contributed by atoms with van der Waals surface area (Å²) in [5.74, 6) is -0.136. The molecule has 0 aliphatic heterocycles. The number of fused-ring (bicyclic) bond motifs is 4. The Morgan fingerprint density at radius 2 is 1.76 bits per heavy atom. The summed E-state index contributed by atoms with van der Waals surface area (Å²) in [6.45, 7) is 12.0. The van der Waals surface area contributed by atoms with Gasteiger partial charge in [0, 0.05) is 42.1 Å². The van der Waals surface area contributed by atoms with Crippen molar-refractivity contribution < 1.29 is 29.0 Å². The summed E-state index contributed by atoms with van der Waals surface area (Å²) in [4.78, 5) is 52.3. The summed E-state index contributed by atoms with van der Waals surface area (Å²) in [6, 6.07) is 0. The van der Waals surface area contributed by atoms with Crippen LogP contribution in [0.2, 0.25) is 0 Å². The molecule has 34 heavy (non-hydrogen) atoms. The zero-order valence-corrected chi connectivity index (χ0v) is 21.7. The molecule has 0 unspecified atom stereocenters. The van der Waals surface area contributed by atoms with Gasteiger partial charge in [-0.05, 0) is 54.9 Å². The number of rotatable bonds is 4. The Balaban J connectivity index is 1.82. The average molecular weight is 473 g/mol. The van der Waals surface area contributed by atoms with E-state index in [0.717, 1.165) is 0 Å². The first-order valence-corrected chi connectivity index (χ1v) is 12.8. The number of allylic oxidation sites excluding steroid dienone is 1. The number of carbonyl (C=O) groups excluding carboxylic acids is 4. The largest absolute Gasteiger partial charge is 0.469 e. The zero-order chi connectivity index (χ0) is 25.4. The van der Waals surface area contributed by atoms with E-state index in [4.69, 9.17) is 4.74 Å².